The number of hydrogen-bond acceptors (Lipinski definition) is 4. The molecule has 130 valence electrons. The lowest BCUT2D eigenvalue weighted by Crippen LogP contribution is -2.32. The monoisotopic (exact) mass is 342 g/mol. The van der Waals surface area contributed by atoms with Gasteiger partial charge in [-0.3, -0.25) is 9.59 Å². The third-order valence-corrected chi connectivity index (χ3v) is 4.12. The molecule has 0 saturated heterocycles. The van der Waals surface area contributed by atoms with Crippen molar-refractivity contribution in [2.75, 3.05) is 6.61 Å². The van der Waals surface area contributed by atoms with E-state index in [2.05, 4.69) is 10.3 Å². The molecule has 7 heteroatoms. The summed E-state index contributed by atoms with van der Waals surface area (Å²) in [7, 11) is 0. The first-order valence-corrected chi connectivity index (χ1v) is 8.00. The molecule has 1 aromatic carbocycles. The van der Waals surface area contributed by atoms with Crippen LogP contribution >= 0.6 is 0 Å². The molecule has 3 rings (SSSR count). The Hall–Kier alpha value is -3.09. The minimum Gasteiger partial charge on any atom is -0.482 e. The molecule has 1 aliphatic rings. The van der Waals surface area contributed by atoms with Crippen LogP contribution in [0.2, 0.25) is 0 Å². The van der Waals surface area contributed by atoms with Crippen molar-refractivity contribution < 1.29 is 19.4 Å². The molecular formula is C18H18N2O5. The van der Waals surface area contributed by atoms with Gasteiger partial charge < -0.3 is 20.1 Å². The van der Waals surface area contributed by atoms with Gasteiger partial charge in [0, 0.05) is 17.3 Å². The Morgan fingerprint density at radius 1 is 1.20 bits per heavy atom. The average molecular weight is 342 g/mol. The Morgan fingerprint density at radius 3 is 2.68 bits per heavy atom. The normalized spacial score (nSPS) is 15.9. The molecule has 1 heterocycles. The first-order valence-electron chi connectivity index (χ1n) is 8.00. The minimum absolute atomic E-state index is 0.136. The van der Waals surface area contributed by atoms with Crippen LogP contribution in [0.15, 0.2) is 41.2 Å². The molecule has 3 N–H and O–H groups in total. The summed E-state index contributed by atoms with van der Waals surface area (Å²) in [5, 5.41) is 11.6. The largest absolute Gasteiger partial charge is 0.482 e. The molecule has 1 aromatic heterocycles. The summed E-state index contributed by atoms with van der Waals surface area (Å²) >= 11 is 0. The van der Waals surface area contributed by atoms with Crippen LogP contribution in [-0.4, -0.2) is 28.6 Å². The third-order valence-electron chi connectivity index (χ3n) is 4.12. The van der Waals surface area contributed by atoms with Crippen LogP contribution in [0, 0.1) is 0 Å². The number of carboxylic acids is 1. The van der Waals surface area contributed by atoms with E-state index in [1.807, 2.05) is 0 Å². The number of aryl methyl sites for hydroxylation is 1. The van der Waals surface area contributed by atoms with E-state index in [0.717, 1.165) is 30.5 Å². The van der Waals surface area contributed by atoms with Gasteiger partial charge in [-0.2, -0.15) is 0 Å². The molecule has 7 nitrogen and oxygen atoms in total. The number of amides is 1. The summed E-state index contributed by atoms with van der Waals surface area (Å²) in [5.74, 6) is -0.899. The Bertz CT molecular complexity index is 841. The lowest BCUT2D eigenvalue weighted by Gasteiger charge is -2.25. The highest BCUT2D eigenvalue weighted by molar-refractivity contribution is 5.94. The first kappa shape index (κ1) is 16.8. The molecule has 0 saturated carbocycles. The Balaban J connectivity index is 1.69. The van der Waals surface area contributed by atoms with Gasteiger partial charge in [0.25, 0.3) is 5.91 Å². The van der Waals surface area contributed by atoms with Gasteiger partial charge in [0.05, 0.1) is 6.04 Å². The van der Waals surface area contributed by atoms with Crippen LogP contribution in [0.3, 0.4) is 0 Å². The van der Waals surface area contributed by atoms with Crippen molar-refractivity contribution >= 4 is 11.9 Å². The van der Waals surface area contributed by atoms with Gasteiger partial charge in [-0.1, -0.05) is 0 Å². The van der Waals surface area contributed by atoms with Gasteiger partial charge in [0.1, 0.15) is 5.75 Å². The summed E-state index contributed by atoms with van der Waals surface area (Å²) < 4.78 is 5.04. The van der Waals surface area contributed by atoms with Crippen LogP contribution in [0.5, 0.6) is 5.75 Å². The fourth-order valence-electron chi connectivity index (χ4n) is 2.94. The number of aromatic amines is 1. The second kappa shape index (κ2) is 7.21. The van der Waals surface area contributed by atoms with E-state index in [9.17, 15) is 14.4 Å². The van der Waals surface area contributed by atoms with E-state index in [4.69, 9.17) is 9.84 Å². The number of ether oxygens (including phenoxy) is 1. The van der Waals surface area contributed by atoms with Gasteiger partial charge in [-0.05, 0) is 55.2 Å². The third kappa shape index (κ3) is 4.06. The number of rotatable bonds is 5. The average Bonchev–Trinajstić information content (AvgIpc) is 2.60. The predicted molar refractivity (Wildman–Crippen MR) is 89.8 cm³/mol. The maximum Gasteiger partial charge on any atom is 0.341 e. The van der Waals surface area contributed by atoms with Crippen molar-refractivity contribution in [2.45, 2.75) is 25.3 Å². The summed E-state index contributed by atoms with van der Waals surface area (Å²) in [4.78, 5) is 37.2. The van der Waals surface area contributed by atoms with Gasteiger partial charge in [-0.15, -0.1) is 0 Å². The van der Waals surface area contributed by atoms with E-state index >= 15 is 0 Å². The van der Waals surface area contributed by atoms with Gasteiger partial charge >= 0.3 is 5.97 Å². The molecule has 0 fully saturated rings. The SMILES string of the molecule is O=C(O)COc1ccc(C(=O)NC2CCCc3[nH]c(=O)ccc32)cc1. The van der Waals surface area contributed by atoms with E-state index in [-0.39, 0.29) is 17.5 Å². The first-order chi connectivity index (χ1) is 12.0. The number of nitrogens with one attached hydrogen (secondary N) is 2. The van der Waals surface area contributed by atoms with Gasteiger partial charge in [-0.25, -0.2) is 4.79 Å². The number of aromatic nitrogens is 1. The fraction of sp³-hybridized carbons (Fsp3) is 0.278. The summed E-state index contributed by atoms with van der Waals surface area (Å²) in [5.41, 5.74) is 2.14. The molecule has 0 bridgehead atoms. The van der Waals surface area contributed by atoms with Crippen molar-refractivity contribution in [1.29, 1.82) is 0 Å². The highest BCUT2D eigenvalue weighted by Crippen LogP contribution is 2.27. The number of carboxylic acid groups (broad SMARTS) is 1. The number of hydrogen-bond donors (Lipinski definition) is 3. The van der Waals surface area contributed by atoms with Crippen LogP contribution in [-0.2, 0) is 11.2 Å². The van der Waals surface area contributed by atoms with E-state index in [1.54, 1.807) is 30.3 Å². The number of fused-ring (bicyclic) bond motifs is 1. The Kier molecular flexibility index (Phi) is 4.83. The molecule has 0 spiro atoms. The number of carbonyl (C=O) groups excluding carboxylic acids is 1. The molecule has 0 aliphatic heterocycles. The molecular weight excluding hydrogens is 324 g/mol. The van der Waals surface area contributed by atoms with Crippen LogP contribution < -0.4 is 15.6 Å². The van der Waals surface area contributed by atoms with Gasteiger partial charge in [0.15, 0.2) is 6.61 Å². The summed E-state index contributed by atoms with van der Waals surface area (Å²) in [6.45, 7) is -0.428. The van der Waals surface area contributed by atoms with Crippen molar-refractivity contribution in [3.63, 3.8) is 0 Å². The zero-order valence-corrected chi connectivity index (χ0v) is 13.5. The van der Waals surface area contributed by atoms with Crippen LogP contribution in [0.4, 0.5) is 0 Å². The second-order valence-electron chi connectivity index (χ2n) is 5.88. The lowest BCUT2D eigenvalue weighted by atomic mass is 9.91. The number of carbonyl (C=O) groups is 2. The van der Waals surface area contributed by atoms with Gasteiger partial charge in [0.2, 0.25) is 5.56 Å². The Labute approximate surface area is 143 Å². The smallest absolute Gasteiger partial charge is 0.341 e. The predicted octanol–water partition coefficient (Wildman–Crippen LogP) is 1.65. The molecule has 1 atom stereocenters. The number of aliphatic carboxylic acids is 1. The number of benzene rings is 1. The standard InChI is InChI=1S/C18H18N2O5/c21-16-9-8-13-14(19-16)2-1-3-15(13)20-18(24)11-4-6-12(7-5-11)25-10-17(22)23/h4-9,15H,1-3,10H2,(H,19,21)(H,20,24)(H,22,23). The van der Waals surface area contributed by atoms with Crippen molar-refractivity contribution in [3.05, 3.63) is 63.6 Å². The zero-order chi connectivity index (χ0) is 17.8. The molecule has 1 amide bonds. The maximum atomic E-state index is 12.4. The highest BCUT2D eigenvalue weighted by atomic mass is 16.5. The topological polar surface area (TPSA) is 108 Å². The van der Waals surface area contributed by atoms with Crippen molar-refractivity contribution in [2.24, 2.45) is 0 Å². The Morgan fingerprint density at radius 2 is 1.96 bits per heavy atom. The zero-order valence-electron chi connectivity index (χ0n) is 13.5. The van der Waals surface area contributed by atoms with E-state index < -0.39 is 12.6 Å². The lowest BCUT2D eigenvalue weighted by molar-refractivity contribution is -0.139. The second-order valence-corrected chi connectivity index (χ2v) is 5.88. The van der Waals surface area contributed by atoms with Crippen molar-refractivity contribution in [3.8, 4) is 5.75 Å². The molecule has 0 radical (unpaired) electrons. The highest BCUT2D eigenvalue weighted by Gasteiger charge is 2.22. The number of pyridine rings is 1. The van der Waals surface area contributed by atoms with Crippen molar-refractivity contribution in [1.82, 2.24) is 10.3 Å². The van der Waals surface area contributed by atoms with Crippen LogP contribution in [0.25, 0.3) is 0 Å². The maximum absolute atomic E-state index is 12.4. The minimum atomic E-state index is -1.06. The molecule has 1 aliphatic carbocycles. The summed E-state index contributed by atoms with van der Waals surface area (Å²) in [6, 6.07) is 9.38. The van der Waals surface area contributed by atoms with Crippen LogP contribution in [0.1, 0.15) is 40.5 Å². The molecule has 1 unspecified atom stereocenters. The summed E-state index contributed by atoms with van der Waals surface area (Å²) in [6.07, 6.45) is 2.50. The number of H-pyrrole nitrogens is 1. The molecule has 25 heavy (non-hydrogen) atoms. The van der Waals surface area contributed by atoms with E-state index in [1.165, 1.54) is 6.07 Å². The molecule has 2 aromatic rings. The fourth-order valence-corrected chi connectivity index (χ4v) is 2.94. The quantitative estimate of drug-likeness (QED) is 0.765. The van der Waals surface area contributed by atoms with E-state index in [0.29, 0.717) is 11.3 Å².